The van der Waals surface area contributed by atoms with Crippen molar-refractivity contribution in [1.82, 2.24) is 5.32 Å². The van der Waals surface area contributed by atoms with Gasteiger partial charge < -0.3 is 5.32 Å². The highest BCUT2D eigenvalue weighted by Gasteiger charge is 2.25. The van der Waals surface area contributed by atoms with Gasteiger partial charge >= 0.3 is 0 Å². The van der Waals surface area contributed by atoms with Crippen LogP contribution in [0.3, 0.4) is 0 Å². The smallest absolute Gasteiger partial charge is 0.230 e. The predicted octanol–water partition coefficient (Wildman–Crippen LogP) is 1.33. The molecule has 112 valence electrons. The summed E-state index contributed by atoms with van der Waals surface area (Å²) >= 11 is 1.43. The molecule has 1 aromatic rings. The van der Waals surface area contributed by atoms with Crippen molar-refractivity contribution in [3.8, 4) is 0 Å². The fourth-order valence-electron chi connectivity index (χ4n) is 2.08. The number of carbonyl (C=O) groups is 1. The van der Waals surface area contributed by atoms with Gasteiger partial charge in [-0.3, -0.25) is 9.79 Å². The Kier molecular flexibility index (Phi) is 4.75. The molecule has 7 heteroatoms. The Hall–Kier alpha value is -2.28. The molecular formula is C15H15N5OS. The molecule has 0 fully saturated rings. The molecule has 1 atom stereocenters. The van der Waals surface area contributed by atoms with E-state index in [0.29, 0.717) is 18.1 Å². The first-order chi connectivity index (χ1) is 10.8. The number of aliphatic imine (C=N–C) groups is 4. The Morgan fingerprint density at radius 2 is 2.05 bits per heavy atom. The second-order valence-electron chi connectivity index (χ2n) is 4.73. The zero-order valence-corrected chi connectivity index (χ0v) is 12.7. The highest BCUT2D eigenvalue weighted by molar-refractivity contribution is 8.01. The number of fused-ring (bicyclic) bond motifs is 1. The third-order valence-corrected chi connectivity index (χ3v) is 4.26. The van der Waals surface area contributed by atoms with Crippen LogP contribution in [0, 0.1) is 0 Å². The molecule has 0 saturated carbocycles. The average molecular weight is 313 g/mol. The number of carbonyl (C=O) groups excluding carboxylic acids is 1. The summed E-state index contributed by atoms with van der Waals surface area (Å²) in [6.45, 7) is 0.633. The molecule has 1 N–H and O–H groups in total. The third-order valence-electron chi connectivity index (χ3n) is 3.17. The van der Waals surface area contributed by atoms with Crippen molar-refractivity contribution < 1.29 is 4.79 Å². The van der Waals surface area contributed by atoms with E-state index in [4.69, 9.17) is 0 Å². The second kappa shape index (κ2) is 7.13. The summed E-state index contributed by atoms with van der Waals surface area (Å²) in [7, 11) is 0. The van der Waals surface area contributed by atoms with E-state index in [1.54, 1.807) is 0 Å². The zero-order valence-electron chi connectivity index (χ0n) is 11.8. The molecule has 1 aromatic carbocycles. The van der Waals surface area contributed by atoms with Crippen molar-refractivity contribution >= 4 is 41.9 Å². The van der Waals surface area contributed by atoms with Crippen LogP contribution in [0.1, 0.15) is 5.56 Å². The molecule has 22 heavy (non-hydrogen) atoms. The fourth-order valence-corrected chi connectivity index (χ4v) is 2.96. The number of nitrogens with one attached hydrogen (secondary N) is 1. The van der Waals surface area contributed by atoms with E-state index in [1.807, 2.05) is 18.2 Å². The first kappa shape index (κ1) is 14.6. The molecule has 6 nitrogen and oxygen atoms in total. The van der Waals surface area contributed by atoms with Crippen LogP contribution in [0.25, 0.3) is 0 Å². The highest BCUT2D eigenvalue weighted by Crippen LogP contribution is 2.19. The Labute approximate surface area is 132 Å². The summed E-state index contributed by atoms with van der Waals surface area (Å²) in [5, 5.41) is 2.72. The zero-order chi connectivity index (χ0) is 15.2. The van der Waals surface area contributed by atoms with Gasteiger partial charge in [-0.25, -0.2) is 15.0 Å². The standard InChI is InChI=1S/C15H15N5OS/c21-12(16-7-6-11-4-2-1-3-5-11)8-22-15-13-14(18-9-17-13)19-10-20-15/h1-5,9-10,15H,6-8H2,(H,16,21). The number of hydrogen-bond donors (Lipinski definition) is 1. The molecule has 0 saturated heterocycles. The van der Waals surface area contributed by atoms with Crippen molar-refractivity contribution in [1.29, 1.82) is 0 Å². The van der Waals surface area contributed by atoms with E-state index in [0.717, 1.165) is 12.1 Å². The van der Waals surface area contributed by atoms with E-state index in [2.05, 4.69) is 37.4 Å². The molecule has 0 aliphatic carbocycles. The van der Waals surface area contributed by atoms with Gasteiger partial charge in [0.05, 0.1) is 5.75 Å². The first-order valence-corrected chi connectivity index (χ1v) is 8.00. The van der Waals surface area contributed by atoms with Crippen LogP contribution in [-0.2, 0) is 11.2 Å². The van der Waals surface area contributed by atoms with E-state index >= 15 is 0 Å². The van der Waals surface area contributed by atoms with Gasteiger partial charge in [-0.05, 0) is 12.0 Å². The molecule has 1 unspecified atom stereocenters. The Balaban J connectivity index is 1.40. The topological polar surface area (TPSA) is 78.5 Å². The highest BCUT2D eigenvalue weighted by atomic mass is 32.2. The summed E-state index contributed by atoms with van der Waals surface area (Å²) < 4.78 is 0. The maximum absolute atomic E-state index is 11.9. The molecule has 2 aliphatic rings. The molecule has 1 amide bonds. The molecule has 0 bridgehead atoms. The number of benzene rings is 1. The summed E-state index contributed by atoms with van der Waals surface area (Å²) in [5.74, 6) is 0.931. The molecule has 0 radical (unpaired) electrons. The Morgan fingerprint density at radius 1 is 1.18 bits per heavy atom. The minimum absolute atomic E-state index is 0.000270. The molecule has 2 aliphatic heterocycles. The predicted molar refractivity (Wildman–Crippen MR) is 91.3 cm³/mol. The average Bonchev–Trinajstić information content (AvgIpc) is 3.03. The SMILES string of the molecule is O=C(CSC1N=CN=C2N=CN=C21)NCCc1ccccc1. The molecular weight excluding hydrogens is 298 g/mol. The van der Waals surface area contributed by atoms with Crippen LogP contribution in [0.2, 0.25) is 0 Å². The minimum atomic E-state index is -0.199. The van der Waals surface area contributed by atoms with Gasteiger partial charge in [0.25, 0.3) is 0 Å². The van der Waals surface area contributed by atoms with Crippen molar-refractivity contribution in [3.05, 3.63) is 35.9 Å². The molecule has 2 heterocycles. The number of amides is 1. The number of hydrogen-bond acceptors (Lipinski definition) is 6. The largest absolute Gasteiger partial charge is 0.355 e. The van der Waals surface area contributed by atoms with E-state index < -0.39 is 0 Å². The number of rotatable bonds is 6. The lowest BCUT2D eigenvalue weighted by Crippen LogP contribution is -2.30. The summed E-state index contributed by atoms with van der Waals surface area (Å²) in [4.78, 5) is 28.3. The van der Waals surface area contributed by atoms with Crippen LogP contribution in [0.15, 0.2) is 50.3 Å². The monoisotopic (exact) mass is 313 g/mol. The van der Waals surface area contributed by atoms with Crippen LogP contribution in [0.4, 0.5) is 0 Å². The fraction of sp³-hybridized carbons (Fsp3) is 0.267. The van der Waals surface area contributed by atoms with Crippen LogP contribution in [0.5, 0.6) is 0 Å². The van der Waals surface area contributed by atoms with Crippen molar-refractivity contribution in [3.63, 3.8) is 0 Å². The van der Waals surface area contributed by atoms with Gasteiger partial charge in [0.15, 0.2) is 5.84 Å². The van der Waals surface area contributed by atoms with Gasteiger partial charge in [0.2, 0.25) is 5.91 Å². The minimum Gasteiger partial charge on any atom is -0.355 e. The maximum Gasteiger partial charge on any atom is 0.230 e. The van der Waals surface area contributed by atoms with Crippen molar-refractivity contribution in [2.75, 3.05) is 12.3 Å². The summed E-state index contributed by atoms with van der Waals surface area (Å²) in [5.41, 5.74) is 1.94. The quantitative estimate of drug-likeness (QED) is 0.860. The number of amidine groups is 1. The van der Waals surface area contributed by atoms with Crippen molar-refractivity contribution in [2.45, 2.75) is 11.8 Å². The molecule has 3 rings (SSSR count). The van der Waals surface area contributed by atoms with Crippen LogP contribution >= 0.6 is 11.8 Å². The summed E-state index contributed by atoms with van der Waals surface area (Å²) in [6, 6.07) is 10.1. The van der Waals surface area contributed by atoms with Gasteiger partial charge in [-0.15, -0.1) is 11.8 Å². The van der Waals surface area contributed by atoms with E-state index in [1.165, 1.54) is 30.0 Å². The lowest BCUT2D eigenvalue weighted by atomic mass is 10.1. The van der Waals surface area contributed by atoms with Gasteiger partial charge in [0, 0.05) is 6.54 Å². The van der Waals surface area contributed by atoms with E-state index in [9.17, 15) is 4.79 Å². The van der Waals surface area contributed by atoms with Gasteiger partial charge in [-0.1, -0.05) is 30.3 Å². The normalized spacial score (nSPS) is 18.6. The van der Waals surface area contributed by atoms with Gasteiger partial charge in [-0.2, -0.15) is 0 Å². The molecule has 0 aromatic heterocycles. The third kappa shape index (κ3) is 3.67. The lowest BCUT2D eigenvalue weighted by molar-refractivity contribution is -0.118. The van der Waals surface area contributed by atoms with Crippen LogP contribution < -0.4 is 5.32 Å². The summed E-state index contributed by atoms with van der Waals surface area (Å²) in [6.07, 6.45) is 3.77. The number of nitrogens with zero attached hydrogens (tertiary/aromatic N) is 4. The Morgan fingerprint density at radius 3 is 2.91 bits per heavy atom. The van der Waals surface area contributed by atoms with Gasteiger partial charge in [0.1, 0.15) is 23.8 Å². The first-order valence-electron chi connectivity index (χ1n) is 6.95. The second-order valence-corrected chi connectivity index (χ2v) is 5.79. The lowest BCUT2D eigenvalue weighted by Gasteiger charge is -2.14. The van der Waals surface area contributed by atoms with Crippen LogP contribution in [-0.4, -0.2) is 47.8 Å². The van der Waals surface area contributed by atoms with E-state index in [-0.39, 0.29) is 11.3 Å². The molecule has 0 spiro atoms. The van der Waals surface area contributed by atoms with Crippen molar-refractivity contribution in [2.24, 2.45) is 20.0 Å². The maximum atomic E-state index is 11.9. The Bertz CT molecular complexity index is 666. The number of thioether (sulfide) groups is 1.